The first-order valence-electron chi connectivity index (χ1n) is 6.47. The maximum Gasteiger partial charge on any atom is 0.241 e. The Hall–Kier alpha value is -2.22. The van der Waals surface area contributed by atoms with E-state index in [-0.39, 0.29) is 18.6 Å². The van der Waals surface area contributed by atoms with Crippen molar-refractivity contribution in [1.82, 2.24) is 24.5 Å². The van der Waals surface area contributed by atoms with Gasteiger partial charge in [0.25, 0.3) is 0 Å². The Morgan fingerprint density at radius 2 is 2.15 bits per heavy atom. The Morgan fingerprint density at radius 1 is 1.35 bits per heavy atom. The van der Waals surface area contributed by atoms with Crippen molar-refractivity contribution in [3.8, 4) is 5.95 Å². The van der Waals surface area contributed by atoms with Gasteiger partial charge < -0.3 is 16.2 Å². The molecule has 0 saturated carbocycles. The van der Waals surface area contributed by atoms with E-state index in [2.05, 4.69) is 39.1 Å². The van der Waals surface area contributed by atoms with Crippen LogP contribution in [0.4, 0.5) is 11.9 Å². The number of hydrogen-bond acceptors (Lipinski definition) is 7. The van der Waals surface area contributed by atoms with Crippen molar-refractivity contribution >= 4 is 11.9 Å². The fraction of sp³-hybridized carbons (Fsp3) is 0.500. The summed E-state index contributed by atoms with van der Waals surface area (Å²) in [6.07, 6.45) is 5.57. The number of imidazole rings is 1. The molecule has 8 heteroatoms. The summed E-state index contributed by atoms with van der Waals surface area (Å²) in [7, 11) is 0. The minimum Gasteiger partial charge on any atom is -0.396 e. The fourth-order valence-corrected chi connectivity index (χ4v) is 1.82. The number of nitrogens with two attached hydrogens (primary N) is 1. The van der Waals surface area contributed by atoms with Gasteiger partial charge in [-0.2, -0.15) is 15.0 Å². The number of nitrogens with one attached hydrogen (secondary N) is 1. The summed E-state index contributed by atoms with van der Waals surface area (Å²) in [5.74, 6) is 1.27. The van der Waals surface area contributed by atoms with E-state index < -0.39 is 0 Å². The summed E-state index contributed by atoms with van der Waals surface area (Å²) < 4.78 is 1.65. The number of nitrogens with zero attached hydrogens (tertiary/aromatic N) is 5. The van der Waals surface area contributed by atoms with Crippen molar-refractivity contribution in [1.29, 1.82) is 0 Å². The third-order valence-corrected chi connectivity index (χ3v) is 2.94. The normalized spacial score (nSPS) is 12.6. The van der Waals surface area contributed by atoms with Gasteiger partial charge in [-0.25, -0.2) is 4.98 Å². The summed E-state index contributed by atoms with van der Waals surface area (Å²) in [5.41, 5.74) is 5.71. The van der Waals surface area contributed by atoms with Crippen molar-refractivity contribution < 1.29 is 5.11 Å². The molecule has 8 nitrogen and oxygen atoms in total. The van der Waals surface area contributed by atoms with E-state index in [9.17, 15) is 0 Å². The lowest BCUT2D eigenvalue weighted by Crippen LogP contribution is -2.28. The highest BCUT2D eigenvalue weighted by molar-refractivity contribution is 5.36. The zero-order valence-electron chi connectivity index (χ0n) is 11.6. The molecule has 0 fully saturated rings. The van der Waals surface area contributed by atoms with E-state index in [4.69, 9.17) is 10.8 Å². The highest BCUT2D eigenvalue weighted by Crippen LogP contribution is 2.13. The number of aliphatic hydroxyl groups excluding tert-OH is 1. The van der Waals surface area contributed by atoms with Gasteiger partial charge in [0, 0.05) is 25.0 Å². The second-order valence-electron chi connectivity index (χ2n) is 4.79. The summed E-state index contributed by atoms with van der Waals surface area (Å²) in [6, 6.07) is 0.0671. The van der Waals surface area contributed by atoms with Crippen molar-refractivity contribution in [3.63, 3.8) is 0 Å². The molecule has 0 aliphatic rings. The second kappa shape index (κ2) is 6.29. The van der Waals surface area contributed by atoms with Crippen LogP contribution in [-0.4, -0.2) is 42.3 Å². The Kier molecular flexibility index (Phi) is 4.46. The maximum atomic E-state index is 9.09. The van der Waals surface area contributed by atoms with Crippen LogP contribution >= 0.6 is 0 Å². The molecule has 2 aromatic heterocycles. The number of nitrogen functional groups attached to an aromatic ring is 1. The van der Waals surface area contributed by atoms with E-state index in [0.717, 1.165) is 0 Å². The smallest absolute Gasteiger partial charge is 0.241 e. The summed E-state index contributed by atoms with van der Waals surface area (Å²) in [4.78, 5) is 16.4. The predicted octanol–water partition coefficient (Wildman–Crippen LogP) is 0.458. The molecular formula is C12H19N7O. The Labute approximate surface area is 117 Å². The van der Waals surface area contributed by atoms with Crippen LogP contribution < -0.4 is 11.1 Å². The Balaban J connectivity index is 2.23. The number of hydrogen-bond donors (Lipinski definition) is 3. The van der Waals surface area contributed by atoms with E-state index in [1.54, 1.807) is 23.3 Å². The van der Waals surface area contributed by atoms with Gasteiger partial charge in [-0.05, 0) is 12.3 Å². The van der Waals surface area contributed by atoms with Crippen molar-refractivity contribution in [2.75, 3.05) is 17.7 Å². The van der Waals surface area contributed by atoms with E-state index in [1.165, 1.54) is 0 Å². The molecule has 1 atom stereocenters. The van der Waals surface area contributed by atoms with Crippen LogP contribution in [0.5, 0.6) is 0 Å². The molecule has 2 heterocycles. The summed E-state index contributed by atoms with van der Waals surface area (Å²) in [5, 5.41) is 12.3. The molecule has 20 heavy (non-hydrogen) atoms. The summed E-state index contributed by atoms with van der Waals surface area (Å²) >= 11 is 0. The molecule has 0 bridgehead atoms. The van der Waals surface area contributed by atoms with Crippen LogP contribution in [0.2, 0.25) is 0 Å². The molecule has 0 saturated heterocycles. The molecular weight excluding hydrogens is 258 g/mol. The monoisotopic (exact) mass is 277 g/mol. The number of anilines is 2. The van der Waals surface area contributed by atoms with Gasteiger partial charge in [-0.15, -0.1) is 0 Å². The minimum atomic E-state index is 0.0671. The molecule has 0 aliphatic carbocycles. The molecule has 108 valence electrons. The van der Waals surface area contributed by atoms with Gasteiger partial charge in [0.1, 0.15) is 6.33 Å². The Morgan fingerprint density at radius 3 is 2.75 bits per heavy atom. The molecule has 0 radical (unpaired) electrons. The zero-order chi connectivity index (χ0) is 14.5. The number of aliphatic hydroxyl groups is 1. The van der Waals surface area contributed by atoms with Gasteiger partial charge in [-0.1, -0.05) is 13.8 Å². The fourth-order valence-electron chi connectivity index (χ4n) is 1.82. The lowest BCUT2D eigenvalue weighted by molar-refractivity contribution is 0.267. The van der Waals surface area contributed by atoms with E-state index in [0.29, 0.717) is 24.2 Å². The van der Waals surface area contributed by atoms with Crippen LogP contribution in [0.15, 0.2) is 18.7 Å². The molecule has 1 unspecified atom stereocenters. The highest BCUT2D eigenvalue weighted by Gasteiger charge is 2.15. The molecule has 4 N–H and O–H groups in total. The van der Waals surface area contributed by atoms with Crippen molar-refractivity contribution in [2.24, 2.45) is 5.92 Å². The second-order valence-corrected chi connectivity index (χ2v) is 4.79. The standard InChI is InChI=1S/C12H19N7O/c1-8(2)9(3-6-20)15-11-16-10(13)17-12(18-11)19-5-4-14-7-19/h4-5,7-9,20H,3,6H2,1-2H3,(H3,13,15,16,17,18). The number of aromatic nitrogens is 5. The highest BCUT2D eigenvalue weighted by atomic mass is 16.3. The summed E-state index contributed by atoms with van der Waals surface area (Å²) in [6.45, 7) is 4.23. The third kappa shape index (κ3) is 3.41. The third-order valence-electron chi connectivity index (χ3n) is 2.94. The van der Waals surface area contributed by atoms with Crippen LogP contribution in [0.3, 0.4) is 0 Å². The number of rotatable bonds is 6. The van der Waals surface area contributed by atoms with Gasteiger partial charge in [0.05, 0.1) is 0 Å². The molecule has 0 aromatic carbocycles. The molecule has 0 aliphatic heterocycles. The van der Waals surface area contributed by atoms with E-state index in [1.807, 2.05) is 0 Å². The maximum absolute atomic E-state index is 9.09. The zero-order valence-corrected chi connectivity index (χ0v) is 11.6. The first-order chi connectivity index (χ1) is 9.60. The average Bonchev–Trinajstić information content (AvgIpc) is 2.91. The average molecular weight is 277 g/mol. The van der Waals surface area contributed by atoms with Gasteiger partial charge in [0.15, 0.2) is 0 Å². The lowest BCUT2D eigenvalue weighted by atomic mass is 10.0. The van der Waals surface area contributed by atoms with Crippen molar-refractivity contribution in [3.05, 3.63) is 18.7 Å². The van der Waals surface area contributed by atoms with E-state index >= 15 is 0 Å². The van der Waals surface area contributed by atoms with Gasteiger partial charge in [-0.3, -0.25) is 4.57 Å². The lowest BCUT2D eigenvalue weighted by Gasteiger charge is -2.21. The van der Waals surface area contributed by atoms with Crippen LogP contribution in [-0.2, 0) is 0 Å². The van der Waals surface area contributed by atoms with Gasteiger partial charge in [0.2, 0.25) is 17.8 Å². The largest absolute Gasteiger partial charge is 0.396 e. The molecule has 0 spiro atoms. The topological polar surface area (TPSA) is 115 Å². The quantitative estimate of drug-likeness (QED) is 0.702. The molecule has 2 rings (SSSR count). The first-order valence-corrected chi connectivity index (χ1v) is 6.47. The SMILES string of the molecule is CC(C)C(CCO)Nc1nc(N)nc(-n2ccnc2)n1. The van der Waals surface area contributed by atoms with Crippen LogP contribution in [0, 0.1) is 5.92 Å². The molecule has 0 amide bonds. The van der Waals surface area contributed by atoms with Crippen molar-refractivity contribution in [2.45, 2.75) is 26.3 Å². The minimum absolute atomic E-state index is 0.0671. The molecule has 2 aromatic rings. The van der Waals surface area contributed by atoms with Gasteiger partial charge >= 0.3 is 0 Å². The van der Waals surface area contributed by atoms with Crippen LogP contribution in [0.25, 0.3) is 5.95 Å². The predicted molar refractivity (Wildman–Crippen MR) is 75.3 cm³/mol. The first kappa shape index (κ1) is 14.2. The Bertz CT molecular complexity index is 541. The van der Waals surface area contributed by atoms with Crippen LogP contribution in [0.1, 0.15) is 20.3 Å².